The Morgan fingerprint density at radius 2 is 1.90 bits per heavy atom. The molecule has 1 fully saturated rings. The van der Waals surface area contributed by atoms with Gasteiger partial charge in [-0.05, 0) is 53.0 Å². The number of carbonyl (C=O) groups is 4. The highest BCUT2D eigenvalue weighted by Gasteiger charge is 2.31. The normalized spacial score (nSPS) is 16.2. The molecule has 1 aliphatic heterocycles. The van der Waals surface area contributed by atoms with Crippen LogP contribution in [-0.4, -0.2) is 77.9 Å². The number of hydrogen-bond donors (Lipinski definition) is 1. The molecule has 172 valence electrons. The lowest BCUT2D eigenvalue weighted by atomic mass is 9.98. The third kappa shape index (κ3) is 5.86. The number of likely N-dealkylation sites (N-methyl/N-ethyl adjacent to an activating group) is 1. The molecule has 9 heteroatoms. The standard InChI is InChI=1S/C22H33N3O6/c1-7-30-21(28)16-9-8-10-25(11-16)17(26)12-24(6)20(27)19-14(4)18(15(5)23-19)22(29)31-13(2)3/h13,16,23H,7-12H2,1-6H3. The number of aromatic amines is 1. The van der Waals surface area contributed by atoms with Gasteiger partial charge >= 0.3 is 11.9 Å². The topological polar surface area (TPSA) is 109 Å². The van der Waals surface area contributed by atoms with Crippen LogP contribution in [0.3, 0.4) is 0 Å². The van der Waals surface area contributed by atoms with Crippen molar-refractivity contribution in [3.05, 3.63) is 22.5 Å². The van der Waals surface area contributed by atoms with Crippen molar-refractivity contribution in [2.75, 3.05) is 33.3 Å². The number of hydrogen-bond acceptors (Lipinski definition) is 6. The Balaban J connectivity index is 2.06. The maximum atomic E-state index is 12.9. The molecule has 1 saturated heterocycles. The summed E-state index contributed by atoms with van der Waals surface area (Å²) < 4.78 is 10.3. The van der Waals surface area contributed by atoms with Crippen LogP contribution in [0.15, 0.2) is 0 Å². The van der Waals surface area contributed by atoms with E-state index in [9.17, 15) is 19.2 Å². The largest absolute Gasteiger partial charge is 0.466 e. The molecule has 31 heavy (non-hydrogen) atoms. The Hall–Kier alpha value is -2.84. The first-order valence-electron chi connectivity index (χ1n) is 10.7. The van der Waals surface area contributed by atoms with Gasteiger partial charge in [0.1, 0.15) is 5.69 Å². The second kappa shape index (κ2) is 10.5. The molecule has 0 bridgehead atoms. The number of ether oxygens (including phenoxy) is 2. The predicted molar refractivity (Wildman–Crippen MR) is 114 cm³/mol. The number of carbonyl (C=O) groups excluding carboxylic acids is 4. The minimum atomic E-state index is -0.489. The number of likely N-dealkylation sites (tertiary alicyclic amines) is 1. The summed E-state index contributed by atoms with van der Waals surface area (Å²) in [6, 6.07) is 0. The molecule has 0 radical (unpaired) electrons. The number of H-pyrrole nitrogens is 1. The fourth-order valence-electron chi connectivity index (χ4n) is 3.76. The lowest BCUT2D eigenvalue weighted by Crippen LogP contribution is -2.47. The minimum absolute atomic E-state index is 0.127. The number of nitrogens with one attached hydrogen (secondary N) is 1. The summed E-state index contributed by atoms with van der Waals surface area (Å²) in [4.78, 5) is 55.9. The number of aryl methyl sites for hydroxylation is 1. The van der Waals surface area contributed by atoms with E-state index in [4.69, 9.17) is 9.47 Å². The first-order valence-corrected chi connectivity index (χ1v) is 10.7. The molecular formula is C22H33N3O6. The summed E-state index contributed by atoms with van der Waals surface area (Å²) >= 11 is 0. The predicted octanol–water partition coefficient (Wildman–Crippen LogP) is 2.07. The Labute approximate surface area is 183 Å². The van der Waals surface area contributed by atoms with Crippen molar-refractivity contribution in [3.63, 3.8) is 0 Å². The van der Waals surface area contributed by atoms with Gasteiger partial charge < -0.3 is 24.3 Å². The number of piperidine rings is 1. The Morgan fingerprint density at radius 1 is 1.23 bits per heavy atom. The molecule has 9 nitrogen and oxygen atoms in total. The zero-order chi connectivity index (χ0) is 23.3. The van der Waals surface area contributed by atoms with Gasteiger partial charge in [0, 0.05) is 25.8 Å². The molecule has 1 unspecified atom stereocenters. The van der Waals surface area contributed by atoms with E-state index >= 15 is 0 Å². The van der Waals surface area contributed by atoms with E-state index in [0.717, 1.165) is 0 Å². The van der Waals surface area contributed by atoms with E-state index in [1.165, 1.54) is 11.9 Å². The number of esters is 2. The van der Waals surface area contributed by atoms with Crippen LogP contribution in [0.4, 0.5) is 0 Å². The van der Waals surface area contributed by atoms with Gasteiger partial charge in [-0.3, -0.25) is 14.4 Å². The molecule has 0 spiro atoms. The quantitative estimate of drug-likeness (QED) is 0.657. The Bertz CT molecular complexity index is 845. The van der Waals surface area contributed by atoms with Gasteiger partial charge in [-0.1, -0.05) is 0 Å². The maximum absolute atomic E-state index is 12.9. The molecule has 2 amide bonds. The highest BCUT2D eigenvalue weighted by atomic mass is 16.5. The van der Waals surface area contributed by atoms with Crippen molar-refractivity contribution in [2.45, 2.75) is 53.6 Å². The molecule has 1 aromatic heterocycles. The monoisotopic (exact) mass is 435 g/mol. The molecule has 1 N–H and O–H groups in total. The van der Waals surface area contributed by atoms with Gasteiger partial charge in [-0.25, -0.2) is 4.79 Å². The smallest absolute Gasteiger partial charge is 0.340 e. The van der Waals surface area contributed by atoms with Gasteiger partial charge in [0.25, 0.3) is 5.91 Å². The van der Waals surface area contributed by atoms with Gasteiger partial charge in [-0.15, -0.1) is 0 Å². The third-order valence-corrected chi connectivity index (χ3v) is 5.31. The summed E-state index contributed by atoms with van der Waals surface area (Å²) in [6.45, 7) is 9.67. The third-order valence-electron chi connectivity index (χ3n) is 5.31. The Kier molecular flexibility index (Phi) is 8.24. The average Bonchev–Trinajstić information content (AvgIpc) is 3.01. The summed E-state index contributed by atoms with van der Waals surface area (Å²) in [5.74, 6) is -1.73. The SMILES string of the molecule is CCOC(=O)C1CCCN(C(=O)CN(C)C(=O)c2[nH]c(C)c(C(=O)OC(C)C)c2C)C1. The second-order valence-corrected chi connectivity index (χ2v) is 8.17. The van der Waals surface area contributed by atoms with Crippen molar-refractivity contribution < 1.29 is 28.7 Å². The molecule has 2 heterocycles. The van der Waals surface area contributed by atoms with Crippen molar-refractivity contribution in [1.82, 2.24) is 14.8 Å². The minimum Gasteiger partial charge on any atom is -0.466 e. The van der Waals surface area contributed by atoms with Crippen LogP contribution < -0.4 is 0 Å². The van der Waals surface area contributed by atoms with Crippen molar-refractivity contribution in [3.8, 4) is 0 Å². The summed E-state index contributed by atoms with van der Waals surface area (Å²) in [7, 11) is 1.54. The number of aromatic nitrogens is 1. The first kappa shape index (κ1) is 24.4. The highest BCUT2D eigenvalue weighted by Crippen LogP contribution is 2.22. The summed E-state index contributed by atoms with van der Waals surface area (Å²) in [5.41, 5.74) is 1.63. The number of rotatable bonds is 7. The van der Waals surface area contributed by atoms with Crippen LogP contribution in [0.5, 0.6) is 0 Å². The molecule has 1 aromatic rings. The zero-order valence-corrected chi connectivity index (χ0v) is 19.2. The van der Waals surface area contributed by atoms with Gasteiger partial charge in [0.15, 0.2) is 0 Å². The van der Waals surface area contributed by atoms with Crippen molar-refractivity contribution in [2.24, 2.45) is 5.92 Å². The molecule has 1 aliphatic rings. The molecular weight excluding hydrogens is 402 g/mol. The summed E-state index contributed by atoms with van der Waals surface area (Å²) in [6.07, 6.45) is 1.13. The zero-order valence-electron chi connectivity index (χ0n) is 19.2. The fourth-order valence-corrected chi connectivity index (χ4v) is 3.76. The number of nitrogens with zero attached hydrogens (tertiary/aromatic N) is 2. The summed E-state index contributed by atoms with van der Waals surface area (Å²) in [5, 5.41) is 0. The maximum Gasteiger partial charge on any atom is 0.340 e. The van der Waals surface area contributed by atoms with E-state index in [0.29, 0.717) is 49.4 Å². The fraction of sp³-hybridized carbons (Fsp3) is 0.636. The average molecular weight is 436 g/mol. The highest BCUT2D eigenvalue weighted by molar-refractivity contribution is 6.01. The second-order valence-electron chi connectivity index (χ2n) is 8.17. The van der Waals surface area contributed by atoms with Crippen LogP contribution in [-0.2, 0) is 19.1 Å². The molecule has 0 aliphatic carbocycles. The van der Waals surface area contributed by atoms with Gasteiger partial charge in [0.2, 0.25) is 5.91 Å². The van der Waals surface area contributed by atoms with E-state index < -0.39 is 11.9 Å². The van der Waals surface area contributed by atoms with Crippen LogP contribution in [0.25, 0.3) is 0 Å². The molecule has 2 rings (SSSR count). The lowest BCUT2D eigenvalue weighted by molar-refractivity contribution is -0.151. The van der Waals surface area contributed by atoms with Gasteiger partial charge in [-0.2, -0.15) is 0 Å². The van der Waals surface area contributed by atoms with Crippen LogP contribution in [0, 0.1) is 19.8 Å². The van der Waals surface area contributed by atoms with Crippen molar-refractivity contribution >= 4 is 23.8 Å². The molecule has 1 atom stereocenters. The van der Waals surface area contributed by atoms with E-state index in [2.05, 4.69) is 4.98 Å². The number of amides is 2. The van der Waals surface area contributed by atoms with Crippen LogP contribution in [0.1, 0.15) is 65.7 Å². The Morgan fingerprint density at radius 3 is 2.52 bits per heavy atom. The van der Waals surface area contributed by atoms with E-state index in [-0.39, 0.29) is 36.1 Å². The lowest BCUT2D eigenvalue weighted by Gasteiger charge is -2.32. The molecule has 0 saturated carbocycles. The van der Waals surface area contributed by atoms with E-state index in [1.807, 2.05) is 0 Å². The van der Waals surface area contributed by atoms with Crippen LogP contribution >= 0.6 is 0 Å². The molecule has 0 aromatic carbocycles. The van der Waals surface area contributed by atoms with Gasteiger partial charge in [0.05, 0.1) is 30.7 Å². The van der Waals surface area contributed by atoms with E-state index in [1.54, 1.807) is 39.5 Å². The van der Waals surface area contributed by atoms with Crippen LogP contribution in [0.2, 0.25) is 0 Å². The first-order chi connectivity index (χ1) is 14.6. The van der Waals surface area contributed by atoms with Crippen molar-refractivity contribution in [1.29, 1.82) is 0 Å².